The van der Waals surface area contributed by atoms with Crippen molar-refractivity contribution in [1.82, 2.24) is 0 Å². The molecule has 0 amide bonds. The predicted octanol–water partition coefficient (Wildman–Crippen LogP) is 1.34. The molecule has 1 aromatic carbocycles. The van der Waals surface area contributed by atoms with Gasteiger partial charge in [-0.25, -0.2) is 8.42 Å². The first-order chi connectivity index (χ1) is 8.36. The molecule has 18 heavy (non-hydrogen) atoms. The molecule has 0 aliphatic carbocycles. The molecule has 0 spiro atoms. The van der Waals surface area contributed by atoms with Crippen molar-refractivity contribution >= 4 is 15.8 Å². The Bertz CT molecular complexity index is 586. The quantitative estimate of drug-likeness (QED) is 0.868. The summed E-state index contributed by atoms with van der Waals surface area (Å²) >= 11 is 0. The topological polar surface area (TPSA) is 95.2 Å². The van der Waals surface area contributed by atoms with Gasteiger partial charge in [0.2, 0.25) is 0 Å². The zero-order chi connectivity index (χ0) is 13.8. The molecule has 0 bridgehead atoms. The summed E-state index contributed by atoms with van der Waals surface area (Å²) in [6, 6.07) is 8.31. The van der Waals surface area contributed by atoms with Crippen molar-refractivity contribution in [2.75, 3.05) is 0 Å². The third-order valence-corrected chi connectivity index (χ3v) is 4.68. The minimum absolute atomic E-state index is 0.295. The molecule has 1 unspecified atom stereocenters. The molecular weight excluding hydrogens is 254 g/mol. The van der Waals surface area contributed by atoms with Crippen LogP contribution in [0.4, 0.5) is 0 Å². The van der Waals surface area contributed by atoms with Crippen molar-refractivity contribution in [2.45, 2.75) is 24.3 Å². The maximum Gasteiger partial charge on any atom is 0.304 e. The van der Waals surface area contributed by atoms with E-state index < -0.39 is 27.5 Å². The molecule has 0 aliphatic rings. The number of nitrogens with zero attached hydrogens (tertiary/aromatic N) is 1. The lowest BCUT2D eigenvalue weighted by Crippen LogP contribution is -2.23. The fourth-order valence-electron chi connectivity index (χ4n) is 1.49. The highest BCUT2D eigenvalue weighted by molar-refractivity contribution is 7.91. The van der Waals surface area contributed by atoms with Gasteiger partial charge in [0.05, 0.1) is 29.1 Å². The molecule has 0 aliphatic heterocycles. The second-order valence-corrected chi connectivity index (χ2v) is 6.40. The average Bonchev–Trinajstić information content (AvgIpc) is 2.28. The molecule has 0 saturated carbocycles. The van der Waals surface area contributed by atoms with E-state index in [9.17, 15) is 13.2 Å². The molecule has 1 N–H and O–H groups in total. The molecule has 5 nitrogen and oxygen atoms in total. The number of nitriles is 1. The first-order valence-corrected chi connectivity index (χ1v) is 6.99. The van der Waals surface area contributed by atoms with Gasteiger partial charge in [0.15, 0.2) is 9.84 Å². The van der Waals surface area contributed by atoms with E-state index in [-0.39, 0.29) is 5.75 Å². The van der Waals surface area contributed by atoms with Crippen molar-refractivity contribution in [3.05, 3.63) is 35.4 Å². The van der Waals surface area contributed by atoms with E-state index in [2.05, 4.69) is 0 Å². The van der Waals surface area contributed by atoms with Crippen LogP contribution in [0, 0.1) is 11.3 Å². The summed E-state index contributed by atoms with van der Waals surface area (Å²) < 4.78 is 23.9. The van der Waals surface area contributed by atoms with Gasteiger partial charge in [-0.3, -0.25) is 4.79 Å². The number of benzene rings is 1. The van der Waals surface area contributed by atoms with Gasteiger partial charge in [0.1, 0.15) is 0 Å². The first-order valence-electron chi connectivity index (χ1n) is 5.28. The smallest absolute Gasteiger partial charge is 0.304 e. The molecule has 0 fully saturated rings. The average molecular weight is 267 g/mol. The fourth-order valence-corrected chi connectivity index (χ4v) is 2.85. The summed E-state index contributed by atoms with van der Waals surface area (Å²) in [7, 11) is -3.57. The number of hydrogen-bond acceptors (Lipinski definition) is 4. The van der Waals surface area contributed by atoms with Crippen molar-refractivity contribution in [1.29, 1.82) is 5.26 Å². The van der Waals surface area contributed by atoms with Gasteiger partial charge in [0, 0.05) is 0 Å². The molecule has 0 radical (unpaired) electrons. The van der Waals surface area contributed by atoms with Crippen LogP contribution in [0.5, 0.6) is 0 Å². The van der Waals surface area contributed by atoms with Crippen LogP contribution in [0.15, 0.2) is 24.3 Å². The van der Waals surface area contributed by atoms with Crippen LogP contribution in [0.1, 0.15) is 24.5 Å². The standard InChI is InChI=1S/C12H13NO4S/c1-9(6-12(14)15)18(16,17)8-11-5-3-2-4-10(11)7-13/h2-5,9H,6,8H2,1H3,(H,14,15). The summed E-state index contributed by atoms with van der Waals surface area (Å²) in [4.78, 5) is 10.5. The third-order valence-electron chi connectivity index (χ3n) is 2.57. The Kier molecular flexibility index (Phi) is 4.45. The van der Waals surface area contributed by atoms with Crippen LogP contribution in [-0.2, 0) is 20.4 Å². The molecule has 1 aromatic rings. The zero-order valence-electron chi connectivity index (χ0n) is 9.83. The molecule has 0 aromatic heterocycles. The monoisotopic (exact) mass is 267 g/mol. The minimum atomic E-state index is -3.57. The molecular formula is C12H13NO4S. The van der Waals surface area contributed by atoms with Crippen LogP contribution >= 0.6 is 0 Å². The maximum absolute atomic E-state index is 11.9. The highest BCUT2D eigenvalue weighted by Gasteiger charge is 2.24. The number of sulfone groups is 1. The Morgan fingerprint density at radius 3 is 2.61 bits per heavy atom. The van der Waals surface area contributed by atoms with Gasteiger partial charge in [-0.05, 0) is 18.6 Å². The van der Waals surface area contributed by atoms with Gasteiger partial charge in [-0.15, -0.1) is 0 Å². The van der Waals surface area contributed by atoms with Crippen molar-refractivity contribution in [3.63, 3.8) is 0 Å². The van der Waals surface area contributed by atoms with Crippen LogP contribution in [0.2, 0.25) is 0 Å². The van der Waals surface area contributed by atoms with Crippen molar-refractivity contribution in [2.24, 2.45) is 0 Å². The number of carboxylic acid groups (broad SMARTS) is 1. The van der Waals surface area contributed by atoms with E-state index in [0.717, 1.165) is 0 Å². The van der Waals surface area contributed by atoms with Crippen LogP contribution in [0.25, 0.3) is 0 Å². The first kappa shape index (κ1) is 14.2. The Morgan fingerprint density at radius 1 is 1.44 bits per heavy atom. The van der Waals surface area contributed by atoms with Gasteiger partial charge in [0.25, 0.3) is 0 Å². The van der Waals surface area contributed by atoms with E-state index in [1.807, 2.05) is 6.07 Å². The van der Waals surface area contributed by atoms with E-state index in [0.29, 0.717) is 11.1 Å². The highest BCUT2D eigenvalue weighted by atomic mass is 32.2. The summed E-state index contributed by atoms with van der Waals surface area (Å²) in [5.41, 5.74) is 0.695. The highest BCUT2D eigenvalue weighted by Crippen LogP contribution is 2.16. The van der Waals surface area contributed by atoms with Crippen LogP contribution < -0.4 is 0 Å². The van der Waals surface area contributed by atoms with Gasteiger partial charge < -0.3 is 5.11 Å². The lowest BCUT2D eigenvalue weighted by molar-refractivity contribution is -0.136. The summed E-state index contributed by atoms with van der Waals surface area (Å²) in [5.74, 6) is -1.47. The Morgan fingerprint density at radius 2 is 2.06 bits per heavy atom. The maximum atomic E-state index is 11.9. The molecule has 1 atom stereocenters. The Labute approximate surface area is 106 Å². The van der Waals surface area contributed by atoms with Gasteiger partial charge in [-0.1, -0.05) is 18.2 Å². The molecule has 0 saturated heterocycles. The van der Waals surface area contributed by atoms with E-state index >= 15 is 0 Å². The second kappa shape index (κ2) is 5.65. The number of aliphatic carboxylic acids is 1. The van der Waals surface area contributed by atoms with E-state index in [1.54, 1.807) is 18.2 Å². The number of rotatable bonds is 5. The van der Waals surface area contributed by atoms with Crippen molar-refractivity contribution < 1.29 is 18.3 Å². The molecule has 6 heteroatoms. The van der Waals surface area contributed by atoms with E-state index in [4.69, 9.17) is 10.4 Å². The lowest BCUT2D eigenvalue weighted by atomic mass is 10.1. The minimum Gasteiger partial charge on any atom is -0.481 e. The SMILES string of the molecule is CC(CC(=O)O)S(=O)(=O)Cc1ccccc1C#N. The van der Waals surface area contributed by atoms with Crippen LogP contribution in [0.3, 0.4) is 0 Å². The van der Waals surface area contributed by atoms with Gasteiger partial charge in [-0.2, -0.15) is 5.26 Å². The predicted molar refractivity (Wildman–Crippen MR) is 65.5 cm³/mol. The molecule has 0 heterocycles. The second-order valence-electron chi connectivity index (χ2n) is 3.98. The molecule has 96 valence electrons. The number of carbonyl (C=O) groups is 1. The van der Waals surface area contributed by atoms with Crippen molar-refractivity contribution in [3.8, 4) is 6.07 Å². The van der Waals surface area contributed by atoms with Crippen LogP contribution in [-0.4, -0.2) is 24.7 Å². The zero-order valence-corrected chi connectivity index (χ0v) is 10.6. The summed E-state index contributed by atoms with van der Waals surface area (Å²) in [5, 5.41) is 16.5. The summed E-state index contributed by atoms with van der Waals surface area (Å²) in [6.45, 7) is 1.36. The Hall–Kier alpha value is -1.87. The van der Waals surface area contributed by atoms with Gasteiger partial charge >= 0.3 is 5.97 Å². The lowest BCUT2D eigenvalue weighted by Gasteiger charge is -2.11. The normalized spacial score (nSPS) is 12.7. The Balaban J connectivity index is 2.96. The fraction of sp³-hybridized carbons (Fsp3) is 0.333. The largest absolute Gasteiger partial charge is 0.481 e. The van der Waals surface area contributed by atoms with E-state index in [1.165, 1.54) is 13.0 Å². The molecule has 1 rings (SSSR count). The number of carboxylic acids is 1. The summed E-state index contributed by atoms with van der Waals surface area (Å²) in [6.07, 6.45) is -0.433. The number of hydrogen-bond donors (Lipinski definition) is 1. The third kappa shape index (κ3) is 3.57.